The van der Waals surface area contributed by atoms with Crippen LogP contribution in [0, 0.1) is 5.82 Å². The molecule has 0 radical (unpaired) electrons. The van der Waals surface area contributed by atoms with Gasteiger partial charge in [-0.1, -0.05) is 15.9 Å². The van der Waals surface area contributed by atoms with E-state index in [1.165, 1.54) is 6.07 Å². The highest BCUT2D eigenvalue weighted by Crippen LogP contribution is 2.19. The molecule has 0 bridgehead atoms. The Morgan fingerprint density at radius 2 is 2.12 bits per heavy atom. The van der Waals surface area contributed by atoms with E-state index in [4.69, 9.17) is 0 Å². The second kappa shape index (κ2) is 6.33. The highest BCUT2D eigenvalue weighted by atomic mass is 79.9. The van der Waals surface area contributed by atoms with Gasteiger partial charge in [-0.25, -0.2) is 4.39 Å². The Labute approximate surface area is 110 Å². The molecule has 5 heteroatoms. The summed E-state index contributed by atoms with van der Waals surface area (Å²) in [6, 6.07) is 4.95. The van der Waals surface area contributed by atoms with Crippen LogP contribution >= 0.6 is 15.9 Å². The summed E-state index contributed by atoms with van der Waals surface area (Å²) in [6.07, 6.45) is 0. The fraction of sp³-hybridized carbons (Fsp3) is 0.500. The maximum Gasteiger partial charge on any atom is 0.146 e. The lowest BCUT2D eigenvalue weighted by Gasteiger charge is -2.27. The second-order valence-electron chi connectivity index (χ2n) is 4.14. The van der Waals surface area contributed by atoms with E-state index in [0.29, 0.717) is 5.69 Å². The Kier molecular flexibility index (Phi) is 4.76. The van der Waals surface area contributed by atoms with Crippen molar-refractivity contribution in [3.05, 3.63) is 28.5 Å². The van der Waals surface area contributed by atoms with Crippen molar-refractivity contribution in [2.75, 3.05) is 44.6 Å². The first-order valence-electron chi connectivity index (χ1n) is 5.88. The SMILES string of the molecule is Fc1ccc(Br)cc1NCCN1CCNCC1. The molecule has 0 amide bonds. The molecule has 1 heterocycles. The van der Waals surface area contributed by atoms with Gasteiger partial charge in [0.15, 0.2) is 0 Å². The van der Waals surface area contributed by atoms with E-state index in [-0.39, 0.29) is 5.82 Å². The Bertz CT molecular complexity index is 367. The Hall–Kier alpha value is -0.650. The van der Waals surface area contributed by atoms with E-state index in [2.05, 4.69) is 31.5 Å². The molecule has 3 nitrogen and oxygen atoms in total. The summed E-state index contributed by atoms with van der Waals surface area (Å²) in [5, 5.41) is 6.45. The van der Waals surface area contributed by atoms with Gasteiger partial charge in [-0.05, 0) is 18.2 Å². The monoisotopic (exact) mass is 301 g/mol. The van der Waals surface area contributed by atoms with E-state index in [0.717, 1.165) is 43.7 Å². The van der Waals surface area contributed by atoms with Crippen LogP contribution in [0.5, 0.6) is 0 Å². The van der Waals surface area contributed by atoms with E-state index >= 15 is 0 Å². The summed E-state index contributed by atoms with van der Waals surface area (Å²) in [5.74, 6) is -0.200. The first kappa shape index (κ1) is 12.8. The van der Waals surface area contributed by atoms with Gasteiger partial charge < -0.3 is 10.6 Å². The lowest BCUT2D eigenvalue weighted by Crippen LogP contribution is -2.45. The third-order valence-electron chi connectivity index (χ3n) is 2.88. The Morgan fingerprint density at radius 3 is 2.88 bits per heavy atom. The van der Waals surface area contributed by atoms with Gasteiger partial charge in [-0.2, -0.15) is 0 Å². The Balaban J connectivity index is 1.79. The van der Waals surface area contributed by atoms with Gasteiger partial charge in [0.2, 0.25) is 0 Å². The zero-order chi connectivity index (χ0) is 12.1. The molecule has 2 rings (SSSR count). The molecule has 17 heavy (non-hydrogen) atoms. The van der Waals surface area contributed by atoms with Crippen molar-refractivity contribution >= 4 is 21.6 Å². The van der Waals surface area contributed by atoms with Crippen LogP contribution in [0.15, 0.2) is 22.7 Å². The summed E-state index contributed by atoms with van der Waals surface area (Å²) < 4.78 is 14.3. The molecule has 0 aliphatic carbocycles. The molecule has 0 spiro atoms. The van der Waals surface area contributed by atoms with Gasteiger partial charge in [0.25, 0.3) is 0 Å². The fourth-order valence-electron chi connectivity index (χ4n) is 1.92. The van der Waals surface area contributed by atoms with Crippen LogP contribution in [0.2, 0.25) is 0 Å². The van der Waals surface area contributed by atoms with Crippen LogP contribution in [-0.4, -0.2) is 44.2 Å². The zero-order valence-corrected chi connectivity index (χ0v) is 11.3. The third kappa shape index (κ3) is 3.94. The number of nitrogens with one attached hydrogen (secondary N) is 2. The highest BCUT2D eigenvalue weighted by Gasteiger charge is 2.09. The summed E-state index contributed by atoms with van der Waals surface area (Å²) in [4.78, 5) is 2.37. The average molecular weight is 302 g/mol. The summed E-state index contributed by atoms with van der Waals surface area (Å²) in [6.45, 7) is 5.96. The van der Waals surface area contributed by atoms with Crippen molar-refractivity contribution in [1.29, 1.82) is 0 Å². The largest absolute Gasteiger partial charge is 0.381 e. The van der Waals surface area contributed by atoms with E-state index < -0.39 is 0 Å². The first-order valence-corrected chi connectivity index (χ1v) is 6.67. The van der Waals surface area contributed by atoms with E-state index in [1.54, 1.807) is 12.1 Å². The van der Waals surface area contributed by atoms with Crippen LogP contribution in [0.3, 0.4) is 0 Å². The first-order chi connectivity index (χ1) is 8.25. The molecule has 0 unspecified atom stereocenters. The van der Waals surface area contributed by atoms with E-state index in [1.807, 2.05) is 0 Å². The molecule has 1 aliphatic rings. The molecular weight excluding hydrogens is 285 g/mol. The molecule has 0 saturated carbocycles. The van der Waals surface area contributed by atoms with Crippen molar-refractivity contribution in [3.8, 4) is 0 Å². The molecule has 2 N–H and O–H groups in total. The van der Waals surface area contributed by atoms with E-state index in [9.17, 15) is 4.39 Å². The molecule has 1 saturated heterocycles. The van der Waals surface area contributed by atoms with Gasteiger partial charge in [-0.15, -0.1) is 0 Å². The minimum atomic E-state index is -0.200. The number of benzene rings is 1. The van der Waals surface area contributed by atoms with Gasteiger partial charge in [0.05, 0.1) is 5.69 Å². The number of rotatable bonds is 4. The number of hydrogen-bond donors (Lipinski definition) is 2. The maximum absolute atomic E-state index is 13.4. The molecule has 0 atom stereocenters. The van der Waals surface area contributed by atoms with Gasteiger partial charge in [0.1, 0.15) is 5.82 Å². The summed E-state index contributed by atoms with van der Waals surface area (Å²) in [5.41, 5.74) is 0.564. The number of piperazine rings is 1. The normalized spacial score (nSPS) is 17.1. The van der Waals surface area contributed by atoms with Crippen LogP contribution < -0.4 is 10.6 Å². The lowest BCUT2D eigenvalue weighted by atomic mass is 10.3. The number of nitrogens with zero attached hydrogens (tertiary/aromatic N) is 1. The molecule has 1 aromatic rings. The number of halogens is 2. The molecule has 94 valence electrons. The van der Waals surface area contributed by atoms with Crippen LogP contribution in [-0.2, 0) is 0 Å². The summed E-state index contributed by atoms with van der Waals surface area (Å²) in [7, 11) is 0. The second-order valence-corrected chi connectivity index (χ2v) is 5.06. The van der Waals surface area contributed by atoms with Crippen LogP contribution in [0.4, 0.5) is 10.1 Å². The Morgan fingerprint density at radius 1 is 1.35 bits per heavy atom. The minimum Gasteiger partial charge on any atom is -0.381 e. The molecule has 0 aromatic heterocycles. The molecular formula is C12H17BrFN3. The van der Waals surface area contributed by atoms with Crippen LogP contribution in [0.25, 0.3) is 0 Å². The minimum absolute atomic E-state index is 0.200. The topological polar surface area (TPSA) is 27.3 Å². The van der Waals surface area contributed by atoms with Crippen molar-refractivity contribution in [2.45, 2.75) is 0 Å². The lowest BCUT2D eigenvalue weighted by molar-refractivity contribution is 0.249. The predicted molar refractivity (Wildman–Crippen MR) is 71.9 cm³/mol. The summed E-state index contributed by atoms with van der Waals surface area (Å²) >= 11 is 3.34. The van der Waals surface area contributed by atoms with Gasteiger partial charge >= 0.3 is 0 Å². The number of anilines is 1. The zero-order valence-electron chi connectivity index (χ0n) is 9.68. The molecule has 1 aliphatic heterocycles. The van der Waals surface area contributed by atoms with Crippen LogP contribution in [0.1, 0.15) is 0 Å². The van der Waals surface area contributed by atoms with Crippen molar-refractivity contribution in [2.24, 2.45) is 0 Å². The average Bonchev–Trinajstić information content (AvgIpc) is 2.35. The molecule has 1 aromatic carbocycles. The molecule has 1 fully saturated rings. The van der Waals surface area contributed by atoms with Crippen molar-refractivity contribution in [1.82, 2.24) is 10.2 Å². The predicted octanol–water partition coefficient (Wildman–Crippen LogP) is 1.91. The fourth-order valence-corrected chi connectivity index (χ4v) is 2.28. The van der Waals surface area contributed by atoms with Gasteiger partial charge in [0, 0.05) is 43.7 Å². The van der Waals surface area contributed by atoms with Crippen molar-refractivity contribution in [3.63, 3.8) is 0 Å². The third-order valence-corrected chi connectivity index (χ3v) is 3.37. The standard InChI is InChI=1S/C12H17BrFN3/c13-10-1-2-11(14)12(9-10)16-5-8-17-6-3-15-4-7-17/h1-2,9,15-16H,3-8H2. The number of hydrogen-bond acceptors (Lipinski definition) is 3. The maximum atomic E-state index is 13.4. The highest BCUT2D eigenvalue weighted by molar-refractivity contribution is 9.10. The van der Waals surface area contributed by atoms with Crippen molar-refractivity contribution < 1.29 is 4.39 Å². The smallest absolute Gasteiger partial charge is 0.146 e. The quantitative estimate of drug-likeness (QED) is 0.889. The van der Waals surface area contributed by atoms with Gasteiger partial charge in [-0.3, -0.25) is 4.90 Å².